The number of carbonyl (C=O) groups is 1. The smallest absolute Gasteiger partial charge is 0.341 e. The van der Waals surface area contributed by atoms with E-state index < -0.39 is 5.97 Å². The number of methoxy groups -OCH3 is 1. The average Bonchev–Trinajstić information content (AvgIpc) is 3.42. The van der Waals surface area contributed by atoms with Gasteiger partial charge in [0.15, 0.2) is 0 Å². The molecule has 0 aliphatic rings. The van der Waals surface area contributed by atoms with Gasteiger partial charge in [-0.05, 0) is 38.8 Å². The molecule has 4 rings (SSSR count). The van der Waals surface area contributed by atoms with Gasteiger partial charge in [0.25, 0.3) is 5.95 Å². The molecule has 9 nitrogen and oxygen atoms in total. The third-order valence-corrected chi connectivity index (χ3v) is 5.14. The van der Waals surface area contributed by atoms with Crippen LogP contribution in [0, 0.1) is 13.8 Å². The van der Waals surface area contributed by atoms with Crippen molar-refractivity contribution in [1.82, 2.24) is 29.5 Å². The summed E-state index contributed by atoms with van der Waals surface area (Å²) < 4.78 is 13.9. The van der Waals surface area contributed by atoms with Gasteiger partial charge in [-0.1, -0.05) is 23.8 Å². The first-order valence-corrected chi connectivity index (χ1v) is 10.0. The standard InChI is InChI=1S/C22H24N6O3.H2S/c1-6-31-21(29)16-10-23-27(12-16)22-25-18-11-24-28(19(18)20(26-22)30-5)15(4)17-9-13(2)7-8-14(17)3;/h7-12,15H,6H2,1-5H3;1H2/t15-;/m0./s1. The number of rotatable bonds is 6. The van der Waals surface area contributed by atoms with Crippen molar-refractivity contribution in [3.05, 3.63) is 59.0 Å². The van der Waals surface area contributed by atoms with Gasteiger partial charge in [0, 0.05) is 6.20 Å². The second-order valence-corrected chi connectivity index (χ2v) is 7.29. The van der Waals surface area contributed by atoms with Crippen molar-refractivity contribution in [1.29, 1.82) is 0 Å². The summed E-state index contributed by atoms with van der Waals surface area (Å²) in [6, 6.07) is 6.32. The van der Waals surface area contributed by atoms with Gasteiger partial charge >= 0.3 is 5.97 Å². The van der Waals surface area contributed by atoms with Gasteiger partial charge in [0.05, 0.1) is 37.7 Å². The molecule has 0 unspecified atom stereocenters. The molecule has 168 valence electrons. The Morgan fingerprint density at radius 2 is 1.94 bits per heavy atom. The molecule has 0 aliphatic carbocycles. The molecule has 0 radical (unpaired) electrons. The second kappa shape index (κ2) is 9.39. The number of carbonyl (C=O) groups excluding carboxylic acids is 1. The lowest BCUT2D eigenvalue weighted by Gasteiger charge is -2.18. The topological polar surface area (TPSA) is 97.0 Å². The molecule has 0 amide bonds. The fourth-order valence-corrected chi connectivity index (χ4v) is 3.55. The molecule has 3 heterocycles. The van der Waals surface area contributed by atoms with E-state index in [0.29, 0.717) is 22.5 Å². The summed E-state index contributed by atoms with van der Waals surface area (Å²) in [5.41, 5.74) is 5.17. The van der Waals surface area contributed by atoms with Gasteiger partial charge in [-0.2, -0.15) is 28.7 Å². The van der Waals surface area contributed by atoms with Crippen molar-refractivity contribution in [2.75, 3.05) is 13.7 Å². The monoisotopic (exact) mass is 454 g/mol. The van der Waals surface area contributed by atoms with E-state index in [1.807, 2.05) is 4.68 Å². The normalized spacial score (nSPS) is 11.8. The Kier molecular flexibility index (Phi) is 6.83. The van der Waals surface area contributed by atoms with E-state index in [4.69, 9.17) is 9.47 Å². The average molecular weight is 455 g/mol. The van der Waals surface area contributed by atoms with E-state index in [9.17, 15) is 4.79 Å². The lowest BCUT2D eigenvalue weighted by atomic mass is 10.00. The molecule has 3 aromatic heterocycles. The first-order valence-electron chi connectivity index (χ1n) is 10.0. The summed E-state index contributed by atoms with van der Waals surface area (Å²) in [4.78, 5) is 21.0. The zero-order valence-corrected chi connectivity index (χ0v) is 19.7. The highest BCUT2D eigenvalue weighted by Crippen LogP contribution is 2.30. The zero-order chi connectivity index (χ0) is 22.1. The number of ether oxygens (including phenoxy) is 2. The third kappa shape index (κ3) is 4.18. The van der Waals surface area contributed by atoms with E-state index >= 15 is 0 Å². The maximum absolute atomic E-state index is 11.9. The van der Waals surface area contributed by atoms with Crippen LogP contribution in [-0.4, -0.2) is 49.2 Å². The number of benzene rings is 1. The molecular weight excluding hydrogens is 428 g/mol. The molecule has 0 aliphatic heterocycles. The minimum Gasteiger partial charge on any atom is -0.479 e. The molecule has 0 spiro atoms. The van der Waals surface area contributed by atoms with Crippen LogP contribution >= 0.6 is 13.5 Å². The summed E-state index contributed by atoms with van der Waals surface area (Å²) in [5.74, 6) is 0.207. The summed E-state index contributed by atoms with van der Waals surface area (Å²) in [7, 11) is 1.55. The number of aryl methyl sites for hydroxylation is 2. The van der Waals surface area contributed by atoms with Gasteiger partial charge in [-0.25, -0.2) is 14.5 Å². The van der Waals surface area contributed by atoms with Crippen molar-refractivity contribution >= 4 is 30.5 Å². The lowest BCUT2D eigenvalue weighted by Crippen LogP contribution is -2.12. The number of hydrogen-bond donors (Lipinski definition) is 0. The molecule has 0 N–H and O–H groups in total. The van der Waals surface area contributed by atoms with Crippen molar-refractivity contribution < 1.29 is 14.3 Å². The highest BCUT2D eigenvalue weighted by molar-refractivity contribution is 7.59. The highest BCUT2D eigenvalue weighted by Gasteiger charge is 2.21. The van der Waals surface area contributed by atoms with Gasteiger partial charge < -0.3 is 9.47 Å². The van der Waals surface area contributed by atoms with Crippen LogP contribution in [0.3, 0.4) is 0 Å². The quantitative estimate of drug-likeness (QED) is 0.411. The SMILES string of the molecule is CCOC(=O)c1cnn(-c2nc(OC)c3c(cnn3[C@@H](C)c3cc(C)ccc3C)n2)c1.S. The largest absolute Gasteiger partial charge is 0.479 e. The van der Waals surface area contributed by atoms with Crippen molar-refractivity contribution in [2.24, 2.45) is 0 Å². The van der Waals surface area contributed by atoms with E-state index in [-0.39, 0.29) is 32.1 Å². The summed E-state index contributed by atoms with van der Waals surface area (Å²) in [6.07, 6.45) is 4.63. The maximum atomic E-state index is 11.9. The predicted octanol–water partition coefficient (Wildman–Crippen LogP) is 3.54. The Labute approximate surface area is 192 Å². The van der Waals surface area contributed by atoms with Crippen LogP contribution in [0.15, 0.2) is 36.8 Å². The van der Waals surface area contributed by atoms with Crippen LogP contribution in [0.25, 0.3) is 17.0 Å². The Morgan fingerprint density at radius 3 is 2.66 bits per heavy atom. The predicted molar refractivity (Wildman–Crippen MR) is 125 cm³/mol. The van der Waals surface area contributed by atoms with Gasteiger partial charge in [0.1, 0.15) is 11.0 Å². The van der Waals surface area contributed by atoms with Crippen LogP contribution in [0.4, 0.5) is 0 Å². The zero-order valence-electron chi connectivity index (χ0n) is 18.7. The molecule has 0 saturated carbocycles. The Hall–Kier alpha value is -3.40. The molecule has 0 saturated heterocycles. The molecular formula is C22H26N6O3S. The maximum Gasteiger partial charge on any atom is 0.341 e. The minimum atomic E-state index is -0.447. The van der Waals surface area contributed by atoms with Gasteiger partial charge in [-0.3, -0.25) is 4.68 Å². The number of hydrogen-bond acceptors (Lipinski definition) is 7. The molecule has 4 aromatic rings. The van der Waals surface area contributed by atoms with E-state index in [1.54, 1.807) is 20.2 Å². The molecule has 1 atom stereocenters. The first kappa shape index (κ1) is 23.3. The van der Waals surface area contributed by atoms with Crippen LogP contribution in [0.1, 0.15) is 46.9 Å². The van der Waals surface area contributed by atoms with Crippen LogP contribution in [-0.2, 0) is 4.74 Å². The van der Waals surface area contributed by atoms with Crippen LogP contribution < -0.4 is 4.74 Å². The molecule has 10 heteroatoms. The van der Waals surface area contributed by atoms with Gasteiger partial charge in [-0.15, -0.1) is 0 Å². The third-order valence-electron chi connectivity index (χ3n) is 5.14. The van der Waals surface area contributed by atoms with Crippen molar-refractivity contribution in [3.63, 3.8) is 0 Å². The second-order valence-electron chi connectivity index (χ2n) is 7.29. The number of fused-ring (bicyclic) bond motifs is 1. The van der Waals surface area contributed by atoms with Crippen LogP contribution in [0.2, 0.25) is 0 Å². The highest BCUT2D eigenvalue weighted by atomic mass is 32.1. The van der Waals surface area contributed by atoms with Crippen molar-refractivity contribution in [2.45, 2.75) is 33.7 Å². The molecule has 32 heavy (non-hydrogen) atoms. The first-order chi connectivity index (χ1) is 14.9. The molecule has 0 fully saturated rings. The van der Waals surface area contributed by atoms with Gasteiger partial charge in [0.2, 0.25) is 5.88 Å². The minimum absolute atomic E-state index is 0. The number of nitrogens with zero attached hydrogens (tertiary/aromatic N) is 6. The number of esters is 1. The Balaban J connectivity index is 0.00000289. The molecule has 1 aromatic carbocycles. The number of aromatic nitrogens is 6. The summed E-state index contributed by atoms with van der Waals surface area (Å²) >= 11 is 0. The fourth-order valence-electron chi connectivity index (χ4n) is 3.55. The summed E-state index contributed by atoms with van der Waals surface area (Å²) in [6.45, 7) is 8.28. The van der Waals surface area contributed by atoms with E-state index in [2.05, 4.69) is 59.1 Å². The fraction of sp³-hybridized carbons (Fsp3) is 0.318. The summed E-state index contributed by atoms with van der Waals surface area (Å²) in [5, 5.41) is 8.76. The Bertz CT molecular complexity index is 1270. The van der Waals surface area contributed by atoms with Crippen LogP contribution in [0.5, 0.6) is 5.88 Å². The Morgan fingerprint density at radius 1 is 1.16 bits per heavy atom. The van der Waals surface area contributed by atoms with E-state index in [0.717, 1.165) is 0 Å². The van der Waals surface area contributed by atoms with Crippen molar-refractivity contribution in [3.8, 4) is 11.8 Å². The lowest BCUT2D eigenvalue weighted by molar-refractivity contribution is 0.0526. The van der Waals surface area contributed by atoms with E-state index in [1.165, 1.54) is 33.8 Å². The molecule has 0 bridgehead atoms.